The molecule has 0 radical (unpaired) electrons. The maximum atomic E-state index is 14.4. The molecule has 1 amide bonds. The van der Waals surface area contributed by atoms with Crippen LogP contribution in [0.3, 0.4) is 0 Å². The first-order chi connectivity index (χ1) is 14.8. The first-order valence-electron chi connectivity index (χ1n) is 9.50. The molecule has 0 aliphatic rings. The smallest absolute Gasteiger partial charge is 0.264 e. The van der Waals surface area contributed by atoms with Gasteiger partial charge in [0, 0.05) is 0 Å². The molecule has 0 aliphatic heterocycles. The molecule has 6 nitrogen and oxygen atoms in total. The van der Waals surface area contributed by atoms with Crippen molar-refractivity contribution in [3.63, 3.8) is 0 Å². The lowest BCUT2D eigenvalue weighted by Crippen LogP contribution is -2.40. The van der Waals surface area contributed by atoms with Gasteiger partial charge in [0.25, 0.3) is 15.9 Å². The lowest BCUT2D eigenvalue weighted by molar-refractivity contribution is -0.119. The third-order valence-corrected chi connectivity index (χ3v) is 6.27. The van der Waals surface area contributed by atoms with E-state index in [1.807, 2.05) is 38.1 Å². The van der Waals surface area contributed by atoms with Crippen molar-refractivity contribution in [2.45, 2.75) is 18.7 Å². The van der Waals surface area contributed by atoms with Crippen molar-refractivity contribution in [2.75, 3.05) is 10.8 Å². The molecule has 0 saturated heterocycles. The summed E-state index contributed by atoms with van der Waals surface area (Å²) in [5, 5.41) is 3.87. The standard InChI is InChI=1S/C23H22FN3O3S/c1-17-7-11-19(12-8-17)15-25-26-23(28)16-27(22-6-4-3-5-21(22)24)31(29,30)20-13-9-18(2)10-14-20/h3-15H,16H2,1-2H3,(H,26,28). The van der Waals surface area contributed by atoms with E-state index in [2.05, 4.69) is 10.5 Å². The molecule has 0 fully saturated rings. The van der Waals surface area contributed by atoms with Crippen LogP contribution in [0.5, 0.6) is 0 Å². The number of rotatable bonds is 7. The molecule has 0 atom stereocenters. The lowest BCUT2D eigenvalue weighted by atomic mass is 10.2. The van der Waals surface area contributed by atoms with Gasteiger partial charge in [-0.25, -0.2) is 18.2 Å². The van der Waals surface area contributed by atoms with Crippen molar-refractivity contribution < 1.29 is 17.6 Å². The Kier molecular flexibility index (Phi) is 6.81. The van der Waals surface area contributed by atoms with Gasteiger partial charge < -0.3 is 0 Å². The fourth-order valence-electron chi connectivity index (χ4n) is 2.79. The quantitative estimate of drug-likeness (QED) is 0.449. The minimum absolute atomic E-state index is 0.0442. The lowest BCUT2D eigenvalue weighted by Gasteiger charge is -2.24. The second-order valence-electron chi connectivity index (χ2n) is 6.98. The van der Waals surface area contributed by atoms with Crippen LogP contribution >= 0.6 is 0 Å². The van der Waals surface area contributed by atoms with E-state index in [9.17, 15) is 17.6 Å². The topological polar surface area (TPSA) is 78.8 Å². The van der Waals surface area contributed by atoms with Gasteiger partial charge in [-0.15, -0.1) is 0 Å². The summed E-state index contributed by atoms with van der Waals surface area (Å²) in [6.45, 7) is 3.14. The minimum Gasteiger partial charge on any atom is -0.271 e. The van der Waals surface area contributed by atoms with E-state index in [0.717, 1.165) is 27.1 Å². The molecule has 0 unspecified atom stereocenters. The van der Waals surface area contributed by atoms with Crippen molar-refractivity contribution in [1.82, 2.24) is 5.43 Å². The van der Waals surface area contributed by atoms with Gasteiger partial charge in [0.15, 0.2) is 0 Å². The van der Waals surface area contributed by atoms with Crippen LogP contribution in [0, 0.1) is 19.7 Å². The third kappa shape index (κ3) is 5.55. The van der Waals surface area contributed by atoms with Crippen molar-refractivity contribution >= 4 is 27.8 Å². The fraction of sp³-hybridized carbons (Fsp3) is 0.130. The molecule has 1 N–H and O–H groups in total. The molecular formula is C23H22FN3O3S. The normalized spacial score (nSPS) is 11.5. The second-order valence-corrected chi connectivity index (χ2v) is 8.84. The van der Waals surface area contributed by atoms with Crippen LogP contribution in [0.15, 0.2) is 82.8 Å². The number of carbonyl (C=O) groups excluding carboxylic acids is 1. The third-order valence-electron chi connectivity index (χ3n) is 4.50. The van der Waals surface area contributed by atoms with E-state index in [1.165, 1.54) is 36.5 Å². The van der Waals surface area contributed by atoms with Crippen molar-refractivity contribution in [3.05, 3.63) is 95.3 Å². The van der Waals surface area contributed by atoms with Gasteiger partial charge in [0.05, 0.1) is 16.8 Å². The van der Waals surface area contributed by atoms with Gasteiger partial charge in [0.1, 0.15) is 12.4 Å². The summed E-state index contributed by atoms with van der Waals surface area (Å²) in [4.78, 5) is 12.4. The zero-order valence-electron chi connectivity index (χ0n) is 17.1. The Morgan fingerprint density at radius 1 is 0.968 bits per heavy atom. The minimum atomic E-state index is -4.19. The van der Waals surface area contributed by atoms with Crippen molar-refractivity contribution in [3.8, 4) is 0 Å². The highest BCUT2D eigenvalue weighted by Crippen LogP contribution is 2.26. The number of aryl methyl sites for hydroxylation is 2. The highest BCUT2D eigenvalue weighted by molar-refractivity contribution is 7.92. The Morgan fingerprint density at radius 3 is 2.16 bits per heavy atom. The Labute approximate surface area is 181 Å². The average molecular weight is 440 g/mol. The maximum absolute atomic E-state index is 14.4. The molecule has 0 saturated carbocycles. The van der Waals surface area contributed by atoms with E-state index in [1.54, 1.807) is 12.1 Å². The molecule has 0 aromatic heterocycles. The van der Waals surface area contributed by atoms with Crippen LogP contribution in [0.2, 0.25) is 0 Å². The van der Waals surface area contributed by atoms with E-state index >= 15 is 0 Å². The first-order valence-corrected chi connectivity index (χ1v) is 10.9. The molecular weight excluding hydrogens is 417 g/mol. The number of nitrogens with one attached hydrogen (secondary N) is 1. The van der Waals surface area contributed by atoms with Crippen LogP contribution in [0.1, 0.15) is 16.7 Å². The monoisotopic (exact) mass is 439 g/mol. The second kappa shape index (κ2) is 9.53. The zero-order chi connectivity index (χ0) is 22.4. The number of anilines is 1. The number of nitrogens with zero attached hydrogens (tertiary/aromatic N) is 2. The molecule has 3 aromatic rings. The molecule has 0 aliphatic carbocycles. The van der Waals surface area contributed by atoms with E-state index < -0.39 is 28.3 Å². The van der Waals surface area contributed by atoms with E-state index in [0.29, 0.717) is 0 Å². The summed E-state index contributed by atoms with van der Waals surface area (Å²) >= 11 is 0. The van der Waals surface area contributed by atoms with E-state index in [4.69, 9.17) is 0 Å². The molecule has 3 aromatic carbocycles. The summed E-state index contributed by atoms with van der Waals surface area (Å²) < 4.78 is 41.6. The van der Waals surface area contributed by atoms with Gasteiger partial charge in [-0.3, -0.25) is 9.10 Å². The Balaban J connectivity index is 1.85. The molecule has 31 heavy (non-hydrogen) atoms. The van der Waals surface area contributed by atoms with Crippen molar-refractivity contribution in [2.24, 2.45) is 5.10 Å². The highest BCUT2D eigenvalue weighted by Gasteiger charge is 2.29. The first kappa shape index (κ1) is 22.2. The van der Waals surface area contributed by atoms with Gasteiger partial charge >= 0.3 is 0 Å². The fourth-order valence-corrected chi connectivity index (χ4v) is 4.22. The number of amides is 1. The summed E-state index contributed by atoms with van der Waals surface area (Å²) in [5.41, 5.74) is 4.81. The summed E-state index contributed by atoms with van der Waals surface area (Å²) in [6.07, 6.45) is 1.44. The van der Waals surface area contributed by atoms with Gasteiger partial charge in [-0.1, -0.05) is 59.7 Å². The SMILES string of the molecule is Cc1ccc(C=NNC(=O)CN(c2ccccc2F)S(=O)(=O)c2ccc(C)cc2)cc1. The number of hydrazone groups is 1. The Bertz CT molecular complexity index is 1190. The number of halogens is 1. The van der Waals surface area contributed by atoms with Crippen molar-refractivity contribution in [1.29, 1.82) is 0 Å². The highest BCUT2D eigenvalue weighted by atomic mass is 32.2. The van der Waals surface area contributed by atoms with Gasteiger partial charge in [0.2, 0.25) is 0 Å². The number of carbonyl (C=O) groups is 1. The van der Waals surface area contributed by atoms with Crippen LogP contribution in [-0.2, 0) is 14.8 Å². The zero-order valence-corrected chi connectivity index (χ0v) is 17.9. The molecule has 0 spiro atoms. The largest absolute Gasteiger partial charge is 0.271 e. The van der Waals surface area contributed by atoms with Crippen LogP contribution in [0.4, 0.5) is 10.1 Å². The van der Waals surface area contributed by atoms with Crippen LogP contribution in [0.25, 0.3) is 0 Å². The number of benzene rings is 3. The Hall–Kier alpha value is -3.52. The molecule has 0 heterocycles. The number of hydrogen-bond donors (Lipinski definition) is 1. The number of sulfonamides is 1. The Morgan fingerprint density at radius 2 is 1.55 bits per heavy atom. The molecule has 8 heteroatoms. The summed E-state index contributed by atoms with van der Waals surface area (Å²) in [5.74, 6) is -1.46. The molecule has 0 bridgehead atoms. The molecule has 160 valence electrons. The van der Waals surface area contributed by atoms with Crippen LogP contribution in [-0.4, -0.2) is 27.1 Å². The maximum Gasteiger partial charge on any atom is 0.264 e. The van der Waals surface area contributed by atoms with Crippen LogP contribution < -0.4 is 9.73 Å². The average Bonchev–Trinajstić information content (AvgIpc) is 2.74. The number of hydrogen-bond acceptors (Lipinski definition) is 4. The number of para-hydroxylation sites is 1. The predicted octanol–water partition coefficient (Wildman–Crippen LogP) is 3.79. The predicted molar refractivity (Wildman–Crippen MR) is 119 cm³/mol. The molecule has 3 rings (SSSR count). The van der Waals surface area contributed by atoms with Gasteiger partial charge in [-0.2, -0.15) is 5.10 Å². The summed E-state index contributed by atoms with van der Waals surface area (Å²) in [6, 6.07) is 19.0. The van der Waals surface area contributed by atoms with E-state index in [-0.39, 0.29) is 10.6 Å². The van der Waals surface area contributed by atoms with Gasteiger partial charge in [-0.05, 0) is 43.7 Å². The summed E-state index contributed by atoms with van der Waals surface area (Å²) in [7, 11) is -4.19.